The Morgan fingerprint density at radius 3 is 2.16 bits per heavy atom. The van der Waals surface area contributed by atoms with Gasteiger partial charge in [-0.05, 0) is 29.7 Å². The average molecular weight is 357 g/mol. The first-order valence-corrected chi connectivity index (χ1v) is 7.80. The average Bonchev–Trinajstić information content (AvgIpc) is 2.49. The van der Waals surface area contributed by atoms with Crippen molar-refractivity contribution in [2.75, 3.05) is 0 Å². The van der Waals surface area contributed by atoms with Crippen LogP contribution in [0.15, 0.2) is 30.5 Å². The molecule has 1 heterocycles. The van der Waals surface area contributed by atoms with Crippen LogP contribution in [0.25, 0.3) is 0 Å². The number of rotatable bonds is 4. The summed E-state index contributed by atoms with van der Waals surface area (Å²) in [4.78, 5) is 3.75. The minimum Gasteiger partial charge on any atom is -0.451 e. The van der Waals surface area contributed by atoms with Crippen molar-refractivity contribution in [3.8, 4) is 11.5 Å². The van der Waals surface area contributed by atoms with Gasteiger partial charge in [0.1, 0.15) is 5.75 Å². The van der Waals surface area contributed by atoms with E-state index < -0.39 is 41.8 Å². The Balaban J connectivity index is 1.86. The summed E-state index contributed by atoms with van der Waals surface area (Å²) in [7, 11) is 0. The molecule has 0 aliphatic heterocycles. The molecule has 1 aromatic heterocycles. The molecular formula is C18H16F5NO. The van der Waals surface area contributed by atoms with E-state index in [2.05, 4.69) is 4.98 Å². The van der Waals surface area contributed by atoms with Crippen LogP contribution >= 0.6 is 0 Å². The molecule has 25 heavy (non-hydrogen) atoms. The zero-order valence-electron chi connectivity index (χ0n) is 13.6. The lowest BCUT2D eigenvalue weighted by molar-refractivity contribution is -0.176. The fraction of sp³-hybridized carbons (Fsp3) is 0.389. The first-order valence-electron chi connectivity index (χ1n) is 7.80. The summed E-state index contributed by atoms with van der Waals surface area (Å²) in [5.41, 5.74) is -2.03. The maximum Gasteiger partial charge on any atom is 0.255 e. The molecule has 0 amide bonds. The van der Waals surface area contributed by atoms with Gasteiger partial charge in [0.2, 0.25) is 0 Å². The Morgan fingerprint density at radius 1 is 1.04 bits per heavy atom. The van der Waals surface area contributed by atoms with E-state index in [9.17, 15) is 22.0 Å². The highest BCUT2D eigenvalue weighted by atomic mass is 19.3. The molecule has 1 fully saturated rings. The zero-order valence-corrected chi connectivity index (χ0v) is 13.6. The highest BCUT2D eigenvalue weighted by Gasteiger charge is 2.59. The molecule has 1 aliphatic carbocycles. The number of benzene rings is 1. The molecule has 3 rings (SSSR count). The molecule has 7 heteroatoms. The van der Waals surface area contributed by atoms with Crippen LogP contribution in [0, 0.1) is 11.6 Å². The largest absolute Gasteiger partial charge is 0.451 e. The standard InChI is InChI=1S/C18H16F5NO/c1-10(2)11-5-13(19)16(14(20)6-11)25-12-3-4-24-15(7-12)17(21)8-18(22,23)9-17/h3-7,10H,8-9H2,1-2H3. The zero-order chi connectivity index (χ0) is 18.4. The third-order valence-electron chi connectivity index (χ3n) is 4.18. The van der Waals surface area contributed by atoms with E-state index in [1.54, 1.807) is 13.8 Å². The second-order valence-corrected chi connectivity index (χ2v) is 6.62. The number of pyridine rings is 1. The van der Waals surface area contributed by atoms with Gasteiger partial charge in [0, 0.05) is 12.3 Å². The van der Waals surface area contributed by atoms with Crippen LogP contribution in [-0.2, 0) is 5.67 Å². The lowest BCUT2D eigenvalue weighted by atomic mass is 9.76. The lowest BCUT2D eigenvalue weighted by Crippen LogP contribution is -2.46. The summed E-state index contributed by atoms with van der Waals surface area (Å²) in [5, 5.41) is 0. The SMILES string of the molecule is CC(C)c1cc(F)c(Oc2ccnc(C3(F)CC(F)(F)C3)c2)c(F)c1. The fourth-order valence-electron chi connectivity index (χ4n) is 2.80. The van der Waals surface area contributed by atoms with Crippen LogP contribution in [0.4, 0.5) is 22.0 Å². The van der Waals surface area contributed by atoms with Crippen molar-refractivity contribution in [2.45, 2.75) is 44.2 Å². The van der Waals surface area contributed by atoms with Crippen LogP contribution in [-0.4, -0.2) is 10.9 Å². The molecule has 0 unspecified atom stereocenters. The lowest BCUT2D eigenvalue weighted by Gasteiger charge is -2.40. The first-order chi connectivity index (χ1) is 11.6. The van der Waals surface area contributed by atoms with Crippen LogP contribution < -0.4 is 4.74 Å². The number of halogens is 5. The Labute approximate surface area is 141 Å². The monoisotopic (exact) mass is 357 g/mol. The highest BCUT2D eigenvalue weighted by molar-refractivity contribution is 5.38. The fourth-order valence-corrected chi connectivity index (χ4v) is 2.80. The van der Waals surface area contributed by atoms with Crippen LogP contribution in [0.3, 0.4) is 0 Å². The smallest absolute Gasteiger partial charge is 0.255 e. The van der Waals surface area contributed by atoms with Crippen molar-refractivity contribution in [1.82, 2.24) is 4.98 Å². The molecule has 0 saturated heterocycles. The van der Waals surface area contributed by atoms with Gasteiger partial charge in [0.15, 0.2) is 23.1 Å². The van der Waals surface area contributed by atoms with Gasteiger partial charge in [0.25, 0.3) is 5.92 Å². The quantitative estimate of drug-likeness (QED) is 0.639. The maximum atomic E-state index is 14.4. The summed E-state index contributed by atoms with van der Waals surface area (Å²) in [6, 6.07) is 4.69. The van der Waals surface area contributed by atoms with Crippen LogP contribution in [0.5, 0.6) is 11.5 Å². The summed E-state index contributed by atoms with van der Waals surface area (Å²) >= 11 is 0. The highest BCUT2D eigenvalue weighted by Crippen LogP contribution is 2.54. The Kier molecular flexibility index (Phi) is 4.21. The molecule has 0 N–H and O–H groups in total. The number of hydrogen-bond donors (Lipinski definition) is 0. The molecule has 0 spiro atoms. The van der Waals surface area contributed by atoms with E-state index in [4.69, 9.17) is 4.74 Å². The molecule has 0 bridgehead atoms. The summed E-state index contributed by atoms with van der Waals surface area (Å²) in [6.07, 6.45) is -0.786. The minimum absolute atomic E-state index is 0.0720. The Morgan fingerprint density at radius 2 is 1.64 bits per heavy atom. The van der Waals surface area contributed by atoms with E-state index in [1.807, 2.05) is 0 Å². The van der Waals surface area contributed by atoms with Gasteiger partial charge in [-0.25, -0.2) is 22.0 Å². The first kappa shape index (κ1) is 17.6. The van der Waals surface area contributed by atoms with Crippen molar-refractivity contribution >= 4 is 0 Å². The Bertz CT molecular complexity index is 775. The van der Waals surface area contributed by atoms with E-state index in [0.29, 0.717) is 5.56 Å². The third kappa shape index (κ3) is 3.45. The van der Waals surface area contributed by atoms with Crippen molar-refractivity contribution < 1.29 is 26.7 Å². The van der Waals surface area contributed by atoms with E-state index >= 15 is 0 Å². The summed E-state index contributed by atoms with van der Waals surface area (Å²) in [5.74, 6) is -5.64. The number of ether oxygens (including phenoxy) is 1. The topological polar surface area (TPSA) is 22.1 Å². The minimum atomic E-state index is -3.07. The number of nitrogens with zero attached hydrogens (tertiary/aromatic N) is 1. The summed E-state index contributed by atoms with van der Waals surface area (Å²) in [6.45, 7) is 3.58. The van der Waals surface area contributed by atoms with Crippen LogP contribution in [0.1, 0.15) is 43.9 Å². The second kappa shape index (κ2) is 5.97. The maximum absolute atomic E-state index is 14.4. The van der Waals surface area contributed by atoms with Gasteiger partial charge in [-0.3, -0.25) is 4.98 Å². The normalized spacial score (nSPS) is 18.1. The third-order valence-corrected chi connectivity index (χ3v) is 4.18. The van der Waals surface area contributed by atoms with Gasteiger partial charge in [-0.2, -0.15) is 0 Å². The van der Waals surface area contributed by atoms with Gasteiger partial charge >= 0.3 is 0 Å². The predicted molar refractivity (Wildman–Crippen MR) is 81.7 cm³/mol. The van der Waals surface area contributed by atoms with Crippen molar-refractivity contribution in [3.05, 3.63) is 53.4 Å². The van der Waals surface area contributed by atoms with Gasteiger partial charge in [-0.1, -0.05) is 13.8 Å². The molecule has 2 aromatic rings. The summed E-state index contributed by atoms with van der Waals surface area (Å²) < 4.78 is 73.8. The molecule has 0 radical (unpaired) electrons. The van der Waals surface area contributed by atoms with E-state index in [1.165, 1.54) is 6.07 Å². The molecule has 1 saturated carbocycles. The molecule has 1 aliphatic rings. The van der Waals surface area contributed by atoms with Gasteiger partial charge < -0.3 is 4.74 Å². The molecular weight excluding hydrogens is 341 g/mol. The Hall–Kier alpha value is -2.18. The number of hydrogen-bond acceptors (Lipinski definition) is 2. The van der Waals surface area contributed by atoms with Crippen LogP contribution in [0.2, 0.25) is 0 Å². The number of aromatic nitrogens is 1. The second-order valence-electron chi connectivity index (χ2n) is 6.62. The molecule has 134 valence electrons. The van der Waals surface area contributed by atoms with Gasteiger partial charge in [-0.15, -0.1) is 0 Å². The number of alkyl halides is 3. The van der Waals surface area contributed by atoms with E-state index in [-0.39, 0.29) is 17.4 Å². The van der Waals surface area contributed by atoms with Crippen molar-refractivity contribution in [1.29, 1.82) is 0 Å². The van der Waals surface area contributed by atoms with E-state index in [0.717, 1.165) is 24.4 Å². The van der Waals surface area contributed by atoms with Crippen molar-refractivity contribution in [2.24, 2.45) is 0 Å². The predicted octanol–water partition coefficient (Wildman–Crippen LogP) is 5.87. The molecule has 1 aromatic carbocycles. The molecule has 0 atom stereocenters. The molecule has 2 nitrogen and oxygen atoms in total. The van der Waals surface area contributed by atoms with Crippen molar-refractivity contribution in [3.63, 3.8) is 0 Å². The van der Waals surface area contributed by atoms with Gasteiger partial charge in [0.05, 0.1) is 18.5 Å².